The zero-order valence-corrected chi connectivity index (χ0v) is 13.8. The first kappa shape index (κ1) is 14.3. The molecule has 1 aliphatic rings. The zero-order valence-electron chi connectivity index (χ0n) is 13.0. The minimum absolute atomic E-state index is 0.0863. The molecule has 6 heteroatoms. The zero-order chi connectivity index (χ0) is 16.2. The highest BCUT2D eigenvalue weighted by molar-refractivity contribution is 7.92. The average Bonchev–Trinajstić information content (AvgIpc) is 3.06. The van der Waals surface area contributed by atoms with Gasteiger partial charge in [-0.15, -0.1) is 0 Å². The lowest BCUT2D eigenvalue weighted by molar-refractivity contribution is 0.584. The van der Waals surface area contributed by atoms with Gasteiger partial charge in [-0.3, -0.25) is 4.31 Å². The maximum absolute atomic E-state index is 13.1. The molecule has 118 valence electrons. The van der Waals surface area contributed by atoms with E-state index in [1.807, 2.05) is 48.9 Å². The van der Waals surface area contributed by atoms with Gasteiger partial charge in [-0.25, -0.2) is 13.4 Å². The third-order valence-corrected chi connectivity index (χ3v) is 6.32. The minimum atomic E-state index is -3.60. The predicted octanol–water partition coefficient (Wildman–Crippen LogP) is 2.71. The van der Waals surface area contributed by atoms with Gasteiger partial charge in [0, 0.05) is 13.1 Å². The van der Waals surface area contributed by atoms with E-state index in [1.54, 1.807) is 18.5 Å². The highest BCUT2D eigenvalue weighted by Gasteiger charge is 2.35. The van der Waals surface area contributed by atoms with Crippen molar-refractivity contribution in [1.82, 2.24) is 9.55 Å². The number of sulfonamides is 1. The summed E-state index contributed by atoms with van der Waals surface area (Å²) in [6, 6.07) is 12.7. The fourth-order valence-corrected chi connectivity index (χ4v) is 5.01. The van der Waals surface area contributed by atoms with Gasteiger partial charge in [0.1, 0.15) is 0 Å². The number of imidazole rings is 1. The summed E-state index contributed by atoms with van der Waals surface area (Å²) in [4.78, 5) is 4.55. The third kappa shape index (κ3) is 2.05. The molecule has 5 nitrogen and oxygen atoms in total. The van der Waals surface area contributed by atoms with Crippen LogP contribution in [0.1, 0.15) is 12.5 Å². The molecule has 2 heterocycles. The van der Waals surface area contributed by atoms with Gasteiger partial charge in [-0.05, 0) is 43.2 Å². The Morgan fingerprint density at radius 1 is 1.17 bits per heavy atom. The van der Waals surface area contributed by atoms with Gasteiger partial charge < -0.3 is 4.57 Å². The summed E-state index contributed by atoms with van der Waals surface area (Å²) in [5.41, 5.74) is 3.45. The van der Waals surface area contributed by atoms with Crippen LogP contribution in [0.5, 0.6) is 0 Å². The largest absolute Gasteiger partial charge is 0.334 e. The quantitative estimate of drug-likeness (QED) is 0.727. The Labute approximate surface area is 135 Å². The maximum atomic E-state index is 13.1. The molecule has 0 aliphatic carbocycles. The van der Waals surface area contributed by atoms with Crippen molar-refractivity contribution >= 4 is 26.7 Å². The van der Waals surface area contributed by atoms with Crippen LogP contribution < -0.4 is 4.31 Å². The predicted molar refractivity (Wildman–Crippen MR) is 90.0 cm³/mol. The van der Waals surface area contributed by atoms with Crippen molar-refractivity contribution in [3.05, 3.63) is 54.4 Å². The van der Waals surface area contributed by atoms with E-state index < -0.39 is 10.0 Å². The monoisotopic (exact) mass is 327 g/mol. The first-order valence-corrected chi connectivity index (χ1v) is 8.96. The first-order valence-electron chi connectivity index (χ1n) is 7.52. The number of hydrogen-bond donors (Lipinski definition) is 0. The number of fused-ring (bicyclic) bond motifs is 2. The topological polar surface area (TPSA) is 55.2 Å². The smallest absolute Gasteiger partial charge is 0.264 e. The molecular formula is C17H17N3O2S. The Kier molecular flexibility index (Phi) is 2.99. The van der Waals surface area contributed by atoms with E-state index in [0.717, 1.165) is 23.2 Å². The van der Waals surface area contributed by atoms with Gasteiger partial charge in [0.25, 0.3) is 10.0 Å². The van der Waals surface area contributed by atoms with Gasteiger partial charge in [0.05, 0.1) is 27.9 Å². The van der Waals surface area contributed by atoms with Gasteiger partial charge >= 0.3 is 0 Å². The Bertz CT molecular complexity index is 1010. The second kappa shape index (κ2) is 4.83. The van der Waals surface area contributed by atoms with Crippen molar-refractivity contribution in [2.45, 2.75) is 24.3 Å². The van der Waals surface area contributed by atoms with Crippen molar-refractivity contribution in [1.29, 1.82) is 0 Å². The van der Waals surface area contributed by atoms with Crippen molar-refractivity contribution in [2.24, 2.45) is 7.05 Å². The van der Waals surface area contributed by atoms with Crippen LogP contribution in [0.25, 0.3) is 11.0 Å². The van der Waals surface area contributed by atoms with Gasteiger partial charge in [-0.1, -0.05) is 18.2 Å². The molecule has 1 unspecified atom stereocenters. The van der Waals surface area contributed by atoms with Crippen molar-refractivity contribution < 1.29 is 8.42 Å². The minimum Gasteiger partial charge on any atom is -0.334 e. The summed E-state index contributed by atoms with van der Waals surface area (Å²) in [5.74, 6) is 0. The van der Waals surface area contributed by atoms with Crippen LogP contribution in [0, 0.1) is 0 Å². The molecular weight excluding hydrogens is 310 g/mol. The van der Waals surface area contributed by atoms with Gasteiger partial charge in [-0.2, -0.15) is 0 Å². The molecule has 0 N–H and O–H groups in total. The Balaban J connectivity index is 1.86. The molecule has 0 bridgehead atoms. The van der Waals surface area contributed by atoms with Crippen LogP contribution in [0.3, 0.4) is 0 Å². The fourth-order valence-electron chi connectivity index (χ4n) is 3.29. The molecule has 0 fully saturated rings. The Hall–Kier alpha value is -2.34. The normalized spacial score (nSPS) is 17.7. The standard InChI is InChI=1S/C17H17N3O2S/c1-12-9-13-5-3-4-6-16(13)20(12)23(21,22)14-7-8-17-15(10-14)18-11-19(17)2/h3-8,10-12H,9H2,1-2H3. The summed E-state index contributed by atoms with van der Waals surface area (Å²) in [7, 11) is -1.71. The van der Waals surface area contributed by atoms with Crippen LogP contribution in [0.2, 0.25) is 0 Å². The molecule has 0 spiro atoms. The van der Waals surface area contributed by atoms with Crippen molar-refractivity contribution in [3.63, 3.8) is 0 Å². The lowest BCUT2D eigenvalue weighted by atomic mass is 10.1. The summed E-state index contributed by atoms with van der Waals surface area (Å²) in [6.07, 6.45) is 2.43. The summed E-state index contributed by atoms with van der Waals surface area (Å²) < 4.78 is 29.7. The van der Waals surface area contributed by atoms with Crippen LogP contribution in [-0.4, -0.2) is 24.0 Å². The fraction of sp³-hybridized carbons (Fsp3) is 0.235. The molecule has 23 heavy (non-hydrogen) atoms. The highest BCUT2D eigenvalue weighted by atomic mass is 32.2. The average molecular weight is 327 g/mol. The Morgan fingerprint density at radius 2 is 1.96 bits per heavy atom. The number of para-hydroxylation sites is 1. The third-order valence-electron chi connectivity index (χ3n) is 4.40. The van der Waals surface area contributed by atoms with Gasteiger partial charge in [0.2, 0.25) is 0 Å². The van der Waals surface area contributed by atoms with Crippen LogP contribution >= 0.6 is 0 Å². The van der Waals surface area contributed by atoms with Crippen molar-refractivity contribution in [3.8, 4) is 0 Å². The summed E-state index contributed by atoms with van der Waals surface area (Å²) in [6.45, 7) is 1.94. The second-order valence-corrected chi connectivity index (χ2v) is 7.80. The molecule has 0 radical (unpaired) electrons. The molecule has 3 aromatic rings. The second-order valence-electron chi connectivity index (χ2n) is 5.99. The summed E-state index contributed by atoms with van der Waals surface area (Å²) in [5, 5.41) is 0. The molecule has 2 aromatic carbocycles. The first-order chi connectivity index (χ1) is 11.0. The van der Waals surface area contributed by atoms with Crippen LogP contribution in [0.4, 0.5) is 5.69 Å². The number of hydrogen-bond acceptors (Lipinski definition) is 3. The molecule has 1 aliphatic heterocycles. The highest BCUT2D eigenvalue weighted by Crippen LogP contribution is 2.36. The molecule has 1 atom stereocenters. The maximum Gasteiger partial charge on any atom is 0.264 e. The molecule has 1 aromatic heterocycles. The van der Waals surface area contributed by atoms with E-state index in [-0.39, 0.29) is 10.9 Å². The van der Waals surface area contributed by atoms with E-state index in [4.69, 9.17) is 0 Å². The van der Waals surface area contributed by atoms with E-state index in [2.05, 4.69) is 4.98 Å². The van der Waals surface area contributed by atoms with Gasteiger partial charge in [0.15, 0.2) is 0 Å². The van der Waals surface area contributed by atoms with E-state index in [0.29, 0.717) is 5.52 Å². The number of rotatable bonds is 2. The van der Waals surface area contributed by atoms with Crippen LogP contribution in [0.15, 0.2) is 53.7 Å². The molecule has 4 rings (SSSR count). The SMILES string of the molecule is CC1Cc2ccccc2N1S(=O)(=O)c1ccc2c(c1)ncn2C. The molecule has 0 saturated heterocycles. The molecule has 0 amide bonds. The lowest BCUT2D eigenvalue weighted by Gasteiger charge is -2.24. The molecule has 0 saturated carbocycles. The van der Waals surface area contributed by atoms with E-state index in [1.165, 1.54) is 4.31 Å². The number of nitrogens with zero attached hydrogens (tertiary/aromatic N) is 3. The number of aromatic nitrogens is 2. The lowest BCUT2D eigenvalue weighted by Crippen LogP contribution is -2.35. The number of anilines is 1. The number of aryl methyl sites for hydroxylation is 1. The van der Waals surface area contributed by atoms with Crippen LogP contribution in [-0.2, 0) is 23.5 Å². The summed E-state index contributed by atoms with van der Waals surface area (Å²) >= 11 is 0. The Morgan fingerprint density at radius 3 is 2.78 bits per heavy atom. The van der Waals surface area contributed by atoms with E-state index in [9.17, 15) is 8.42 Å². The number of benzene rings is 2. The van der Waals surface area contributed by atoms with E-state index >= 15 is 0 Å². The van der Waals surface area contributed by atoms with Crippen molar-refractivity contribution in [2.75, 3.05) is 4.31 Å².